The van der Waals surface area contributed by atoms with Crippen LogP contribution in [0.25, 0.3) is 0 Å². The molecule has 1 rings (SSSR count). The zero-order chi connectivity index (χ0) is 17.5. The van der Waals surface area contributed by atoms with Crippen molar-refractivity contribution >= 4 is 6.09 Å². The first-order valence-corrected chi connectivity index (χ1v) is 7.97. The number of benzene rings is 1. The molecule has 0 aromatic heterocycles. The van der Waals surface area contributed by atoms with E-state index < -0.39 is 17.3 Å². The third-order valence-corrected chi connectivity index (χ3v) is 3.11. The van der Waals surface area contributed by atoms with E-state index in [-0.39, 0.29) is 6.61 Å². The van der Waals surface area contributed by atoms with E-state index in [2.05, 4.69) is 5.32 Å². The Labute approximate surface area is 139 Å². The van der Waals surface area contributed by atoms with Gasteiger partial charge in [0.05, 0.1) is 0 Å². The molecule has 1 amide bonds. The zero-order valence-corrected chi connectivity index (χ0v) is 14.8. The molecular weight excluding hydrogens is 294 g/mol. The number of aliphatic hydroxyl groups excluding tert-OH is 1. The lowest BCUT2D eigenvalue weighted by Gasteiger charge is -2.25. The average molecular weight is 323 g/mol. The van der Waals surface area contributed by atoms with Crippen LogP contribution in [0.5, 0.6) is 5.75 Å². The Morgan fingerprint density at radius 2 is 1.74 bits per heavy atom. The maximum Gasteiger partial charge on any atom is 0.407 e. The summed E-state index contributed by atoms with van der Waals surface area (Å²) in [5.41, 5.74) is 0.229. The molecule has 5 heteroatoms. The Bertz CT molecular complexity index is 489. The molecular formula is C18H29NO4. The first-order valence-electron chi connectivity index (χ1n) is 7.97. The van der Waals surface area contributed by atoms with Gasteiger partial charge in [-0.3, -0.25) is 0 Å². The summed E-state index contributed by atoms with van der Waals surface area (Å²) in [4.78, 5) is 11.5. The predicted molar refractivity (Wildman–Crippen MR) is 90.8 cm³/mol. The minimum Gasteiger partial charge on any atom is -0.488 e. The van der Waals surface area contributed by atoms with Crippen LogP contribution < -0.4 is 10.1 Å². The van der Waals surface area contributed by atoms with Gasteiger partial charge in [0.1, 0.15) is 17.0 Å². The van der Waals surface area contributed by atoms with Crippen LogP contribution >= 0.6 is 0 Å². The van der Waals surface area contributed by atoms with E-state index in [9.17, 15) is 4.79 Å². The molecule has 23 heavy (non-hydrogen) atoms. The van der Waals surface area contributed by atoms with Gasteiger partial charge in [0.25, 0.3) is 0 Å². The minimum atomic E-state index is -0.482. The maximum absolute atomic E-state index is 11.5. The number of hydrogen-bond acceptors (Lipinski definition) is 4. The lowest BCUT2D eigenvalue weighted by molar-refractivity contribution is 0.0528. The number of ether oxygens (including phenoxy) is 2. The van der Waals surface area contributed by atoms with Crippen LogP contribution in [0, 0.1) is 0 Å². The summed E-state index contributed by atoms with van der Waals surface area (Å²) >= 11 is 0. The summed E-state index contributed by atoms with van der Waals surface area (Å²) in [6.45, 7) is 10.0. The summed E-state index contributed by atoms with van der Waals surface area (Å²) in [6.07, 6.45) is 0.900. The van der Waals surface area contributed by atoms with Crippen LogP contribution in [0.15, 0.2) is 24.3 Å². The van der Waals surface area contributed by atoms with Gasteiger partial charge >= 0.3 is 6.09 Å². The third-order valence-electron chi connectivity index (χ3n) is 3.11. The van der Waals surface area contributed by atoms with Gasteiger partial charge < -0.3 is 19.9 Å². The van der Waals surface area contributed by atoms with E-state index in [4.69, 9.17) is 14.6 Å². The largest absolute Gasteiger partial charge is 0.488 e. The van der Waals surface area contributed by atoms with Gasteiger partial charge in [0.2, 0.25) is 0 Å². The van der Waals surface area contributed by atoms with Gasteiger partial charge in [0.15, 0.2) is 0 Å². The number of rotatable bonds is 7. The highest BCUT2D eigenvalue weighted by Gasteiger charge is 2.19. The average Bonchev–Trinajstić information content (AvgIpc) is 2.38. The topological polar surface area (TPSA) is 67.8 Å². The summed E-state index contributed by atoms with van der Waals surface area (Å²) in [7, 11) is 0. The molecule has 0 atom stereocenters. The quantitative estimate of drug-likeness (QED) is 0.808. The number of nitrogens with one attached hydrogen (secondary N) is 1. The number of amides is 1. The smallest absolute Gasteiger partial charge is 0.407 e. The molecule has 0 fully saturated rings. The summed E-state index contributed by atoms with van der Waals surface area (Å²) in [5, 5.41) is 11.7. The Balaban J connectivity index is 2.41. The van der Waals surface area contributed by atoms with Crippen LogP contribution in [-0.2, 0) is 11.2 Å². The fraction of sp³-hybridized carbons (Fsp3) is 0.611. The normalized spacial score (nSPS) is 11.9. The van der Waals surface area contributed by atoms with Crippen molar-refractivity contribution in [3.63, 3.8) is 0 Å². The molecule has 0 aliphatic carbocycles. The highest BCUT2D eigenvalue weighted by Crippen LogP contribution is 2.21. The molecule has 0 heterocycles. The third kappa shape index (κ3) is 8.45. The van der Waals surface area contributed by atoms with Crippen LogP contribution in [0.4, 0.5) is 4.79 Å². The Kier molecular flexibility index (Phi) is 6.88. The molecule has 0 aliphatic heterocycles. The molecule has 0 bridgehead atoms. The van der Waals surface area contributed by atoms with Crippen molar-refractivity contribution in [3.05, 3.63) is 29.8 Å². The van der Waals surface area contributed by atoms with Crippen molar-refractivity contribution in [2.45, 2.75) is 58.7 Å². The van der Waals surface area contributed by atoms with Gasteiger partial charge in [-0.25, -0.2) is 4.79 Å². The minimum absolute atomic E-state index is 0.0986. The van der Waals surface area contributed by atoms with Crippen molar-refractivity contribution in [1.29, 1.82) is 0 Å². The number of carbonyl (C=O) groups excluding carboxylic acids is 1. The van der Waals surface area contributed by atoms with Gasteiger partial charge in [-0.1, -0.05) is 12.1 Å². The first-order chi connectivity index (χ1) is 10.6. The lowest BCUT2D eigenvalue weighted by atomic mass is 10.1. The van der Waals surface area contributed by atoms with E-state index >= 15 is 0 Å². The fourth-order valence-electron chi connectivity index (χ4n) is 1.99. The number of hydrogen-bond donors (Lipinski definition) is 2. The summed E-state index contributed by atoms with van der Waals surface area (Å²) < 4.78 is 11.0. The molecule has 0 unspecified atom stereocenters. The molecule has 130 valence electrons. The van der Waals surface area contributed by atoms with Crippen molar-refractivity contribution in [2.24, 2.45) is 0 Å². The van der Waals surface area contributed by atoms with Crippen molar-refractivity contribution in [3.8, 4) is 5.75 Å². The van der Waals surface area contributed by atoms with E-state index in [0.717, 1.165) is 17.7 Å². The van der Waals surface area contributed by atoms with Gasteiger partial charge in [-0.05, 0) is 58.7 Å². The molecule has 0 aliphatic rings. The Hall–Kier alpha value is -1.75. The van der Waals surface area contributed by atoms with E-state index in [1.165, 1.54) is 0 Å². The second-order valence-corrected chi connectivity index (χ2v) is 7.16. The SMILES string of the molecule is CC(C)(C)OC(=O)NCCc1ccc(OC(C)(C)CCO)cc1. The van der Waals surface area contributed by atoms with E-state index in [1.54, 1.807) is 0 Å². The lowest BCUT2D eigenvalue weighted by Crippen LogP contribution is -2.33. The first kappa shape index (κ1) is 19.3. The van der Waals surface area contributed by atoms with Crippen molar-refractivity contribution < 1.29 is 19.4 Å². The van der Waals surface area contributed by atoms with Gasteiger partial charge in [-0.2, -0.15) is 0 Å². The van der Waals surface area contributed by atoms with Crippen LogP contribution in [0.3, 0.4) is 0 Å². The molecule has 1 aromatic carbocycles. The molecule has 0 radical (unpaired) electrons. The standard InChI is InChI=1S/C18H29NO4/c1-17(2,3)23-16(21)19-12-10-14-6-8-15(9-7-14)22-18(4,5)11-13-20/h6-9,20H,10-13H2,1-5H3,(H,19,21). The molecule has 0 saturated carbocycles. The molecule has 1 aromatic rings. The second kappa shape index (κ2) is 8.20. The van der Waals surface area contributed by atoms with Gasteiger partial charge in [0, 0.05) is 19.6 Å². The van der Waals surface area contributed by atoms with Crippen molar-refractivity contribution in [2.75, 3.05) is 13.2 Å². The molecule has 2 N–H and O–H groups in total. The highest BCUT2D eigenvalue weighted by atomic mass is 16.6. The maximum atomic E-state index is 11.5. The Morgan fingerprint density at radius 3 is 2.26 bits per heavy atom. The number of alkyl carbamates (subject to hydrolysis) is 1. The van der Waals surface area contributed by atoms with Crippen molar-refractivity contribution in [1.82, 2.24) is 5.32 Å². The fourth-order valence-corrected chi connectivity index (χ4v) is 1.99. The summed E-state index contributed by atoms with van der Waals surface area (Å²) in [5.74, 6) is 0.771. The number of carbonyl (C=O) groups is 1. The van der Waals surface area contributed by atoms with E-state index in [0.29, 0.717) is 13.0 Å². The zero-order valence-electron chi connectivity index (χ0n) is 14.8. The highest BCUT2D eigenvalue weighted by molar-refractivity contribution is 5.67. The Morgan fingerprint density at radius 1 is 1.13 bits per heavy atom. The van der Waals surface area contributed by atoms with Crippen LogP contribution in [0.2, 0.25) is 0 Å². The molecule has 5 nitrogen and oxygen atoms in total. The molecule has 0 spiro atoms. The van der Waals surface area contributed by atoms with Gasteiger partial charge in [-0.15, -0.1) is 0 Å². The predicted octanol–water partition coefficient (Wildman–Crippen LogP) is 3.29. The number of aliphatic hydroxyl groups is 1. The van der Waals surface area contributed by atoms with Crippen LogP contribution in [0.1, 0.15) is 46.6 Å². The monoisotopic (exact) mass is 323 g/mol. The van der Waals surface area contributed by atoms with E-state index in [1.807, 2.05) is 58.9 Å². The van der Waals surface area contributed by atoms with Crippen LogP contribution in [-0.4, -0.2) is 35.6 Å². The molecule has 0 saturated heterocycles. The summed E-state index contributed by atoms with van der Waals surface area (Å²) in [6, 6.07) is 7.76. The second-order valence-electron chi connectivity index (χ2n) is 7.16.